The highest BCUT2D eigenvalue weighted by Crippen LogP contribution is 2.28. The first-order valence-corrected chi connectivity index (χ1v) is 6.91. The summed E-state index contributed by atoms with van der Waals surface area (Å²) in [5.74, 6) is 0.715. The first-order chi connectivity index (χ1) is 10.2. The summed E-state index contributed by atoms with van der Waals surface area (Å²) < 4.78 is 5.64. The number of aliphatic hydroxyl groups excluding tert-OH is 1. The van der Waals surface area contributed by atoms with E-state index in [4.69, 9.17) is 21.3 Å². The lowest BCUT2D eigenvalue weighted by Gasteiger charge is -2.14. The van der Waals surface area contributed by atoms with Crippen molar-refractivity contribution in [3.63, 3.8) is 0 Å². The molecule has 0 atom stereocenters. The smallest absolute Gasteiger partial charge is 0.142 e. The molecule has 0 aliphatic heterocycles. The fourth-order valence-corrected chi connectivity index (χ4v) is 1.94. The van der Waals surface area contributed by atoms with Gasteiger partial charge in [-0.25, -0.2) is 0 Å². The average Bonchev–Trinajstić information content (AvgIpc) is 2.48. The number of nitrogens with two attached hydrogens (primary N) is 2. The molecule has 0 radical (unpaired) electrons. The third kappa shape index (κ3) is 4.29. The van der Waals surface area contributed by atoms with Crippen molar-refractivity contribution in [1.29, 1.82) is 0 Å². The number of nitrogens with one attached hydrogen (secondary N) is 1. The molecule has 0 unspecified atom stereocenters. The number of hydrogen-bond acceptors (Lipinski definition) is 5. The lowest BCUT2D eigenvalue weighted by Crippen LogP contribution is -2.06. The van der Waals surface area contributed by atoms with E-state index >= 15 is 0 Å². The molecule has 5 nitrogen and oxygen atoms in total. The summed E-state index contributed by atoms with van der Waals surface area (Å²) in [6.45, 7) is 1.16. The Kier molecular flexibility index (Phi) is 5.29. The standard InChI is InChI=1S/C16H21N3O2/c17-13-6-7-16(21-9-3-8-20)15(10-13)19-11-12-4-1-2-5-14(12)18/h1-2,4-7,10,19-20H,3,8-9,11,17-18H2. The predicted octanol–water partition coefficient (Wildman–Crippen LogP) is 2.22. The predicted molar refractivity (Wildman–Crippen MR) is 86.2 cm³/mol. The fourth-order valence-electron chi connectivity index (χ4n) is 1.94. The number of ether oxygens (including phenoxy) is 1. The Hall–Kier alpha value is -2.40. The number of benzene rings is 2. The van der Waals surface area contributed by atoms with Crippen molar-refractivity contribution in [2.75, 3.05) is 30.0 Å². The zero-order valence-electron chi connectivity index (χ0n) is 11.9. The first kappa shape index (κ1) is 15.0. The van der Waals surface area contributed by atoms with Crippen molar-refractivity contribution in [3.8, 4) is 5.75 Å². The minimum Gasteiger partial charge on any atom is -0.491 e. The van der Waals surface area contributed by atoms with Crippen LogP contribution in [0.3, 0.4) is 0 Å². The maximum atomic E-state index is 8.81. The lowest BCUT2D eigenvalue weighted by molar-refractivity contribution is 0.234. The second-order valence-electron chi connectivity index (χ2n) is 4.73. The second-order valence-corrected chi connectivity index (χ2v) is 4.73. The quantitative estimate of drug-likeness (QED) is 0.463. The van der Waals surface area contributed by atoms with Gasteiger partial charge in [0.1, 0.15) is 5.75 Å². The Morgan fingerprint density at radius 3 is 2.67 bits per heavy atom. The van der Waals surface area contributed by atoms with Crippen molar-refractivity contribution < 1.29 is 9.84 Å². The third-order valence-corrected chi connectivity index (χ3v) is 3.09. The van der Waals surface area contributed by atoms with Gasteiger partial charge in [0, 0.05) is 30.9 Å². The zero-order valence-corrected chi connectivity index (χ0v) is 11.9. The van der Waals surface area contributed by atoms with Crippen LogP contribution in [0.25, 0.3) is 0 Å². The Bertz CT molecular complexity index is 587. The highest BCUT2D eigenvalue weighted by molar-refractivity contribution is 5.64. The van der Waals surface area contributed by atoms with E-state index in [1.54, 1.807) is 6.07 Å². The summed E-state index contributed by atoms with van der Waals surface area (Å²) in [7, 11) is 0. The SMILES string of the molecule is Nc1ccc(OCCCO)c(NCc2ccccc2N)c1. The monoisotopic (exact) mass is 287 g/mol. The number of aliphatic hydroxyl groups is 1. The highest BCUT2D eigenvalue weighted by atomic mass is 16.5. The van der Waals surface area contributed by atoms with E-state index in [2.05, 4.69) is 5.32 Å². The molecule has 21 heavy (non-hydrogen) atoms. The van der Waals surface area contributed by atoms with Crippen LogP contribution in [0.15, 0.2) is 42.5 Å². The van der Waals surface area contributed by atoms with Crippen molar-refractivity contribution >= 4 is 17.1 Å². The van der Waals surface area contributed by atoms with Crippen LogP contribution >= 0.6 is 0 Å². The van der Waals surface area contributed by atoms with Gasteiger partial charge >= 0.3 is 0 Å². The van der Waals surface area contributed by atoms with Gasteiger partial charge in [-0.2, -0.15) is 0 Å². The van der Waals surface area contributed by atoms with E-state index in [0.717, 1.165) is 16.9 Å². The van der Waals surface area contributed by atoms with Gasteiger partial charge in [0.25, 0.3) is 0 Å². The first-order valence-electron chi connectivity index (χ1n) is 6.91. The van der Waals surface area contributed by atoms with E-state index in [0.29, 0.717) is 31.0 Å². The lowest BCUT2D eigenvalue weighted by atomic mass is 10.1. The van der Waals surface area contributed by atoms with Gasteiger partial charge < -0.3 is 26.6 Å². The summed E-state index contributed by atoms with van der Waals surface area (Å²) >= 11 is 0. The molecular weight excluding hydrogens is 266 g/mol. The molecule has 0 aliphatic rings. The van der Waals surface area contributed by atoms with Gasteiger partial charge in [-0.3, -0.25) is 0 Å². The van der Waals surface area contributed by atoms with Gasteiger partial charge in [0.05, 0.1) is 12.3 Å². The van der Waals surface area contributed by atoms with Crippen LogP contribution in [0.4, 0.5) is 17.1 Å². The van der Waals surface area contributed by atoms with Crippen LogP contribution in [0.5, 0.6) is 5.75 Å². The minimum absolute atomic E-state index is 0.109. The van der Waals surface area contributed by atoms with Gasteiger partial charge in [0.2, 0.25) is 0 Å². The van der Waals surface area contributed by atoms with Crippen molar-refractivity contribution in [2.24, 2.45) is 0 Å². The van der Waals surface area contributed by atoms with Gasteiger partial charge in [-0.15, -0.1) is 0 Å². The van der Waals surface area contributed by atoms with E-state index in [-0.39, 0.29) is 6.61 Å². The van der Waals surface area contributed by atoms with Crippen LogP contribution in [0, 0.1) is 0 Å². The Morgan fingerprint density at radius 2 is 1.90 bits per heavy atom. The van der Waals surface area contributed by atoms with Crippen LogP contribution in [-0.2, 0) is 6.54 Å². The molecule has 0 aromatic heterocycles. The number of nitrogen functional groups attached to an aromatic ring is 2. The van der Waals surface area contributed by atoms with Crippen LogP contribution in [0.1, 0.15) is 12.0 Å². The zero-order chi connectivity index (χ0) is 15.1. The normalized spacial score (nSPS) is 10.3. The maximum Gasteiger partial charge on any atom is 0.142 e. The van der Waals surface area contributed by atoms with Gasteiger partial charge in [0.15, 0.2) is 0 Å². The molecule has 0 aliphatic carbocycles. The largest absolute Gasteiger partial charge is 0.491 e. The van der Waals surface area contributed by atoms with Gasteiger partial charge in [-0.05, 0) is 29.8 Å². The van der Waals surface area contributed by atoms with Crippen LogP contribution < -0.4 is 21.5 Å². The molecule has 0 fully saturated rings. The van der Waals surface area contributed by atoms with Gasteiger partial charge in [-0.1, -0.05) is 18.2 Å². The molecule has 6 N–H and O–H groups in total. The summed E-state index contributed by atoms with van der Waals surface area (Å²) in [5, 5.41) is 12.1. The van der Waals surface area contributed by atoms with E-state index in [1.807, 2.05) is 36.4 Å². The fraction of sp³-hybridized carbons (Fsp3) is 0.250. The van der Waals surface area contributed by atoms with E-state index in [1.165, 1.54) is 0 Å². The molecule has 0 heterocycles. The number of hydrogen-bond donors (Lipinski definition) is 4. The molecule has 2 aromatic carbocycles. The van der Waals surface area contributed by atoms with E-state index in [9.17, 15) is 0 Å². The molecule has 0 saturated heterocycles. The molecule has 0 spiro atoms. The topological polar surface area (TPSA) is 93.5 Å². The Balaban J connectivity index is 2.07. The van der Waals surface area contributed by atoms with Crippen molar-refractivity contribution in [2.45, 2.75) is 13.0 Å². The summed E-state index contributed by atoms with van der Waals surface area (Å²) in [5.41, 5.74) is 15.0. The average molecular weight is 287 g/mol. The van der Waals surface area contributed by atoms with Crippen LogP contribution in [-0.4, -0.2) is 18.3 Å². The summed E-state index contributed by atoms with van der Waals surface area (Å²) in [4.78, 5) is 0. The molecule has 2 aromatic rings. The third-order valence-electron chi connectivity index (χ3n) is 3.09. The molecule has 5 heteroatoms. The maximum absolute atomic E-state index is 8.81. The summed E-state index contributed by atoms with van der Waals surface area (Å²) in [6, 6.07) is 13.1. The number of anilines is 3. The van der Waals surface area contributed by atoms with Crippen LogP contribution in [0.2, 0.25) is 0 Å². The van der Waals surface area contributed by atoms with E-state index < -0.39 is 0 Å². The molecule has 0 saturated carbocycles. The Labute approximate surface area is 124 Å². The summed E-state index contributed by atoms with van der Waals surface area (Å²) in [6.07, 6.45) is 0.593. The van der Waals surface area contributed by atoms with Crippen molar-refractivity contribution in [1.82, 2.24) is 0 Å². The highest BCUT2D eigenvalue weighted by Gasteiger charge is 2.05. The van der Waals surface area contributed by atoms with Crippen molar-refractivity contribution in [3.05, 3.63) is 48.0 Å². The molecular formula is C16H21N3O2. The molecule has 112 valence electrons. The Morgan fingerprint density at radius 1 is 1.10 bits per heavy atom. The minimum atomic E-state index is 0.109. The molecule has 0 amide bonds. The number of para-hydroxylation sites is 1. The number of rotatable bonds is 7. The second kappa shape index (κ2) is 7.40. The molecule has 0 bridgehead atoms. The molecule has 2 rings (SSSR count).